The van der Waals surface area contributed by atoms with Gasteiger partial charge in [0, 0.05) is 6.07 Å². The zero-order valence-corrected chi connectivity index (χ0v) is 17.7. The number of halogens is 3. The fourth-order valence-electron chi connectivity index (χ4n) is 3.58. The standard InChI is InChI=1S/C22H17F3N8O/c1-2-15(29-19-13(9-26)18(27)31-22(28)32-19)20-30-16-5-3-4-14(25)17(16)21(34)33(20)12-7-10(23)6-11(24)8-12/h3-8,15H,2H2,1H3,(H5,27,28,29,31,32)/t15-/m0/s1. The molecule has 0 fully saturated rings. The molecule has 0 saturated heterocycles. The van der Waals surface area contributed by atoms with Crippen molar-refractivity contribution < 1.29 is 13.2 Å². The second kappa shape index (κ2) is 8.70. The fourth-order valence-corrected chi connectivity index (χ4v) is 3.58. The van der Waals surface area contributed by atoms with Crippen molar-refractivity contribution in [3.8, 4) is 11.8 Å². The molecule has 4 rings (SSSR count). The average Bonchev–Trinajstić information content (AvgIpc) is 2.76. The SMILES string of the molecule is CC[C@H](Nc1nc(N)nc(N)c1C#N)c1nc2cccc(F)c2c(=O)n1-c1cc(F)cc(F)c1. The Labute approximate surface area is 190 Å². The minimum Gasteiger partial charge on any atom is -0.382 e. The van der Waals surface area contributed by atoms with Gasteiger partial charge in [0.25, 0.3) is 5.56 Å². The Bertz CT molecular complexity index is 1510. The molecule has 9 nitrogen and oxygen atoms in total. The molecule has 0 unspecified atom stereocenters. The number of nitrogens with one attached hydrogen (secondary N) is 1. The summed E-state index contributed by atoms with van der Waals surface area (Å²) in [6.45, 7) is 1.73. The highest BCUT2D eigenvalue weighted by atomic mass is 19.1. The molecular formula is C22H17F3N8O. The molecule has 0 aliphatic heterocycles. The fraction of sp³-hybridized carbons (Fsp3) is 0.136. The second-order valence-electron chi connectivity index (χ2n) is 7.28. The molecule has 0 amide bonds. The normalized spacial score (nSPS) is 11.9. The van der Waals surface area contributed by atoms with Crippen LogP contribution in [0.4, 0.5) is 30.8 Å². The Morgan fingerprint density at radius 2 is 1.82 bits per heavy atom. The van der Waals surface area contributed by atoms with Gasteiger partial charge in [-0.1, -0.05) is 13.0 Å². The Balaban J connectivity index is 2.01. The largest absolute Gasteiger partial charge is 0.382 e. The molecule has 0 saturated carbocycles. The lowest BCUT2D eigenvalue weighted by atomic mass is 10.1. The molecule has 2 aromatic carbocycles. The zero-order chi connectivity index (χ0) is 24.6. The summed E-state index contributed by atoms with van der Waals surface area (Å²) in [6, 6.07) is 7.44. The molecule has 0 spiro atoms. The quantitative estimate of drug-likeness (QED) is 0.406. The molecule has 172 valence electrons. The van der Waals surface area contributed by atoms with E-state index in [4.69, 9.17) is 11.5 Å². The topological polar surface area (TPSA) is 149 Å². The highest BCUT2D eigenvalue weighted by Gasteiger charge is 2.24. The molecule has 2 heterocycles. The maximum Gasteiger partial charge on any atom is 0.269 e. The maximum absolute atomic E-state index is 14.6. The van der Waals surface area contributed by atoms with Crippen molar-refractivity contribution in [3.63, 3.8) is 0 Å². The summed E-state index contributed by atoms with van der Waals surface area (Å²) >= 11 is 0. The van der Waals surface area contributed by atoms with Gasteiger partial charge in [-0.3, -0.25) is 9.36 Å². The molecule has 1 atom stereocenters. The molecule has 5 N–H and O–H groups in total. The summed E-state index contributed by atoms with van der Waals surface area (Å²) in [4.78, 5) is 25.6. The molecule has 0 aliphatic carbocycles. The third-order valence-corrected chi connectivity index (χ3v) is 5.08. The van der Waals surface area contributed by atoms with Crippen LogP contribution in [0.25, 0.3) is 16.6 Å². The number of fused-ring (bicyclic) bond motifs is 1. The van der Waals surface area contributed by atoms with Gasteiger partial charge in [-0.2, -0.15) is 15.2 Å². The van der Waals surface area contributed by atoms with Gasteiger partial charge in [-0.15, -0.1) is 0 Å². The van der Waals surface area contributed by atoms with E-state index in [-0.39, 0.29) is 52.0 Å². The first kappa shape index (κ1) is 22.5. The summed E-state index contributed by atoms with van der Waals surface area (Å²) in [6.07, 6.45) is 0.264. The first-order valence-electron chi connectivity index (χ1n) is 10.0. The Morgan fingerprint density at radius 3 is 2.47 bits per heavy atom. The van der Waals surface area contributed by atoms with Crippen LogP contribution in [0.15, 0.2) is 41.2 Å². The van der Waals surface area contributed by atoms with Crippen LogP contribution < -0.4 is 22.3 Å². The molecule has 0 bridgehead atoms. The summed E-state index contributed by atoms with van der Waals surface area (Å²) in [5, 5.41) is 12.1. The minimum absolute atomic E-state index is 0.00440. The van der Waals surface area contributed by atoms with Crippen LogP contribution in [0.5, 0.6) is 0 Å². The average molecular weight is 466 g/mol. The van der Waals surface area contributed by atoms with Crippen LogP contribution >= 0.6 is 0 Å². The van der Waals surface area contributed by atoms with Crippen molar-refractivity contribution in [1.29, 1.82) is 5.26 Å². The molecule has 4 aromatic rings. The highest BCUT2D eigenvalue weighted by molar-refractivity contribution is 5.79. The monoisotopic (exact) mass is 466 g/mol. The molecule has 2 aromatic heterocycles. The van der Waals surface area contributed by atoms with Crippen LogP contribution in [-0.2, 0) is 0 Å². The van der Waals surface area contributed by atoms with Crippen molar-refractivity contribution in [3.05, 3.63) is 75.6 Å². The van der Waals surface area contributed by atoms with Crippen molar-refractivity contribution in [2.45, 2.75) is 19.4 Å². The van der Waals surface area contributed by atoms with Gasteiger partial charge in [0.1, 0.15) is 46.1 Å². The zero-order valence-electron chi connectivity index (χ0n) is 17.7. The number of benzene rings is 2. The Hall–Kier alpha value is -4.66. The number of nitrogens with zero attached hydrogens (tertiary/aromatic N) is 5. The Morgan fingerprint density at radius 1 is 1.12 bits per heavy atom. The van der Waals surface area contributed by atoms with E-state index in [9.17, 15) is 23.2 Å². The number of nitriles is 1. The molecular weight excluding hydrogens is 449 g/mol. The van der Waals surface area contributed by atoms with E-state index in [0.29, 0.717) is 6.07 Å². The Kier molecular flexibility index (Phi) is 5.77. The van der Waals surface area contributed by atoms with E-state index in [1.54, 1.807) is 6.92 Å². The lowest BCUT2D eigenvalue weighted by Gasteiger charge is -2.23. The van der Waals surface area contributed by atoms with Gasteiger partial charge < -0.3 is 16.8 Å². The van der Waals surface area contributed by atoms with E-state index in [1.807, 2.05) is 6.07 Å². The highest BCUT2D eigenvalue weighted by Crippen LogP contribution is 2.28. The van der Waals surface area contributed by atoms with Crippen molar-refractivity contribution in [2.24, 2.45) is 0 Å². The van der Waals surface area contributed by atoms with Crippen LogP contribution in [-0.4, -0.2) is 19.5 Å². The predicted molar refractivity (Wildman–Crippen MR) is 119 cm³/mol. The smallest absolute Gasteiger partial charge is 0.269 e. The van der Waals surface area contributed by atoms with Crippen LogP contribution in [0.1, 0.15) is 30.8 Å². The molecule has 0 aliphatic rings. The van der Waals surface area contributed by atoms with Crippen LogP contribution in [0.3, 0.4) is 0 Å². The van der Waals surface area contributed by atoms with Gasteiger partial charge in [0.15, 0.2) is 5.82 Å². The second-order valence-corrected chi connectivity index (χ2v) is 7.28. The predicted octanol–water partition coefficient (Wildman–Crippen LogP) is 3.19. The molecule has 12 heteroatoms. The van der Waals surface area contributed by atoms with Gasteiger partial charge in [-0.25, -0.2) is 18.2 Å². The number of anilines is 3. The number of hydrogen-bond acceptors (Lipinski definition) is 8. The first-order valence-corrected chi connectivity index (χ1v) is 10.0. The van der Waals surface area contributed by atoms with E-state index in [0.717, 1.165) is 22.8 Å². The number of aromatic nitrogens is 4. The molecule has 34 heavy (non-hydrogen) atoms. The van der Waals surface area contributed by atoms with Crippen molar-refractivity contribution >= 4 is 28.5 Å². The van der Waals surface area contributed by atoms with Gasteiger partial charge in [0.05, 0.1) is 17.2 Å². The maximum atomic E-state index is 14.6. The number of hydrogen-bond donors (Lipinski definition) is 3. The third kappa shape index (κ3) is 3.95. The van der Waals surface area contributed by atoms with E-state index >= 15 is 0 Å². The number of rotatable bonds is 5. The van der Waals surface area contributed by atoms with Gasteiger partial charge in [-0.05, 0) is 30.7 Å². The van der Waals surface area contributed by atoms with Crippen molar-refractivity contribution in [2.75, 3.05) is 16.8 Å². The number of nitrogens with two attached hydrogens (primary N) is 2. The first-order chi connectivity index (χ1) is 16.2. The van der Waals surface area contributed by atoms with Gasteiger partial charge in [0.2, 0.25) is 5.95 Å². The van der Waals surface area contributed by atoms with E-state index < -0.39 is 29.1 Å². The lowest BCUT2D eigenvalue weighted by molar-refractivity contribution is 0.578. The van der Waals surface area contributed by atoms with E-state index in [2.05, 4.69) is 20.3 Å². The van der Waals surface area contributed by atoms with Crippen LogP contribution in [0, 0.1) is 28.8 Å². The summed E-state index contributed by atoms with van der Waals surface area (Å²) in [5.74, 6) is -3.11. The van der Waals surface area contributed by atoms with E-state index in [1.165, 1.54) is 12.1 Å². The third-order valence-electron chi connectivity index (χ3n) is 5.08. The lowest BCUT2D eigenvalue weighted by Crippen LogP contribution is -2.29. The van der Waals surface area contributed by atoms with Gasteiger partial charge >= 0.3 is 0 Å². The number of nitrogen functional groups attached to an aromatic ring is 2. The van der Waals surface area contributed by atoms with Crippen molar-refractivity contribution in [1.82, 2.24) is 19.5 Å². The summed E-state index contributed by atoms with van der Waals surface area (Å²) in [5.41, 5.74) is 10.3. The summed E-state index contributed by atoms with van der Waals surface area (Å²) in [7, 11) is 0. The van der Waals surface area contributed by atoms with Crippen LogP contribution in [0.2, 0.25) is 0 Å². The summed E-state index contributed by atoms with van der Waals surface area (Å²) < 4.78 is 43.6. The molecule has 0 radical (unpaired) electrons. The minimum atomic E-state index is -0.939.